The number of hydrogen-bond acceptors (Lipinski definition) is 4. The van der Waals surface area contributed by atoms with Crippen LogP contribution in [0.1, 0.15) is 50.1 Å². The first-order valence-electron chi connectivity index (χ1n) is 7.47. The van der Waals surface area contributed by atoms with Crippen LogP contribution in [0, 0.1) is 5.92 Å². The van der Waals surface area contributed by atoms with Gasteiger partial charge in [0.05, 0.1) is 23.5 Å². The molecular formula is C15H19N3O2. The van der Waals surface area contributed by atoms with E-state index in [4.69, 9.17) is 4.74 Å². The molecule has 106 valence electrons. The van der Waals surface area contributed by atoms with Crippen molar-refractivity contribution in [1.82, 2.24) is 14.8 Å². The highest BCUT2D eigenvalue weighted by Crippen LogP contribution is 2.40. The van der Waals surface area contributed by atoms with Crippen molar-refractivity contribution in [2.24, 2.45) is 5.92 Å². The number of aromatic nitrogens is 3. The minimum atomic E-state index is -0.423. The summed E-state index contributed by atoms with van der Waals surface area (Å²) < 4.78 is 7.71. The van der Waals surface area contributed by atoms with Crippen molar-refractivity contribution in [2.45, 2.75) is 44.4 Å². The topological polar surface area (TPSA) is 60.2 Å². The lowest BCUT2D eigenvalue weighted by molar-refractivity contribution is -0.0366. The lowest BCUT2D eigenvalue weighted by Crippen LogP contribution is -2.19. The number of aliphatic hydroxyl groups is 1. The number of nitrogens with zero attached hydrogens (tertiary/aromatic N) is 3. The smallest absolute Gasteiger partial charge is 0.150 e. The normalized spacial score (nSPS) is 24.9. The van der Waals surface area contributed by atoms with Gasteiger partial charge in [0.1, 0.15) is 5.52 Å². The molecular weight excluding hydrogens is 254 g/mol. The molecule has 1 saturated carbocycles. The maximum Gasteiger partial charge on any atom is 0.150 e. The van der Waals surface area contributed by atoms with Crippen LogP contribution in [-0.2, 0) is 4.74 Å². The van der Waals surface area contributed by atoms with Crippen LogP contribution < -0.4 is 0 Å². The van der Waals surface area contributed by atoms with Crippen LogP contribution in [0.4, 0.5) is 0 Å². The Hall–Kier alpha value is -1.46. The number of ether oxygens (including phenoxy) is 1. The average molecular weight is 273 g/mol. The summed E-state index contributed by atoms with van der Waals surface area (Å²) in [5, 5.41) is 14.6. The highest BCUT2D eigenvalue weighted by Gasteiger charge is 2.32. The van der Waals surface area contributed by atoms with Gasteiger partial charge in [-0.1, -0.05) is 0 Å². The molecule has 0 amide bonds. The third-order valence-corrected chi connectivity index (χ3v) is 4.28. The lowest BCUT2D eigenvalue weighted by atomic mass is 10.1. The molecule has 4 rings (SSSR count). The van der Waals surface area contributed by atoms with Crippen molar-refractivity contribution in [3.63, 3.8) is 0 Å². The van der Waals surface area contributed by atoms with Crippen LogP contribution in [0.3, 0.4) is 0 Å². The van der Waals surface area contributed by atoms with E-state index in [0.717, 1.165) is 49.0 Å². The average Bonchev–Trinajstić information content (AvgIpc) is 3.26. The first kappa shape index (κ1) is 12.3. The Morgan fingerprint density at radius 3 is 2.90 bits per heavy atom. The van der Waals surface area contributed by atoms with E-state index in [1.165, 1.54) is 6.42 Å². The number of fused-ring (bicyclic) bond motifs is 1. The van der Waals surface area contributed by atoms with Gasteiger partial charge in [-0.3, -0.25) is 0 Å². The molecule has 2 atom stereocenters. The Kier molecular flexibility index (Phi) is 2.97. The van der Waals surface area contributed by atoms with Crippen LogP contribution in [0.5, 0.6) is 0 Å². The molecule has 20 heavy (non-hydrogen) atoms. The monoisotopic (exact) mass is 273 g/mol. The van der Waals surface area contributed by atoms with Crippen molar-refractivity contribution in [3.8, 4) is 0 Å². The van der Waals surface area contributed by atoms with Gasteiger partial charge in [0, 0.05) is 6.61 Å². The molecule has 2 aromatic heterocycles. The van der Waals surface area contributed by atoms with E-state index in [-0.39, 0.29) is 6.23 Å². The van der Waals surface area contributed by atoms with E-state index >= 15 is 0 Å². The van der Waals surface area contributed by atoms with Gasteiger partial charge in [0.15, 0.2) is 6.23 Å². The molecule has 2 aliphatic rings. The number of aliphatic hydroxyl groups excluding tert-OH is 1. The Balaban J connectivity index is 1.66. The molecule has 0 spiro atoms. The Morgan fingerprint density at radius 1 is 1.25 bits per heavy atom. The second kappa shape index (κ2) is 4.82. The SMILES string of the molecule is OC(c1ccc2c(cnn2C2CCCCO2)n1)C1CC1. The maximum atomic E-state index is 10.2. The summed E-state index contributed by atoms with van der Waals surface area (Å²) in [5.41, 5.74) is 2.60. The van der Waals surface area contributed by atoms with Gasteiger partial charge >= 0.3 is 0 Å². The summed E-state index contributed by atoms with van der Waals surface area (Å²) in [4.78, 5) is 4.56. The second-order valence-corrected chi connectivity index (χ2v) is 5.83. The fraction of sp³-hybridized carbons (Fsp3) is 0.600. The van der Waals surface area contributed by atoms with E-state index in [9.17, 15) is 5.11 Å². The van der Waals surface area contributed by atoms with Crippen molar-refractivity contribution >= 4 is 11.0 Å². The molecule has 0 radical (unpaired) electrons. The molecule has 2 fully saturated rings. The zero-order chi connectivity index (χ0) is 13.5. The summed E-state index contributed by atoms with van der Waals surface area (Å²) in [5.74, 6) is 0.400. The Bertz CT molecular complexity index is 615. The summed E-state index contributed by atoms with van der Waals surface area (Å²) >= 11 is 0. The van der Waals surface area contributed by atoms with Crippen LogP contribution >= 0.6 is 0 Å². The Labute approximate surface area is 117 Å². The van der Waals surface area contributed by atoms with Gasteiger partial charge in [-0.25, -0.2) is 9.67 Å². The van der Waals surface area contributed by atoms with Gasteiger partial charge in [0.25, 0.3) is 0 Å². The van der Waals surface area contributed by atoms with Gasteiger partial charge < -0.3 is 9.84 Å². The molecule has 5 heteroatoms. The van der Waals surface area contributed by atoms with Gasteiger partial charge in [-0.2, -0.15) is 5.10 Å². The van der Waals surface area contributed by atoms with Gasteiger partial charge in [-0.05, 0) is 50.2 Å². The molecule has 3 heterocycles. The molecule has 2 aromatic rings. The maximum absolute atomic E-state index is 10.2. The van der Waals surface area contributed by atoms with Gasteiger partial charge in [0.2, 0.25) is 0 Å². The van der Waals surface area contributed by atoms with Crippen LogP contribution in [0.15, 0.2) is 18.3 Å². The van der Waals surface area contributed by atoms with E-state index in [0.29, 0.717) is 5.92 Å². The second-order valence-electron chi connectivity index (χ2n) is 5.83. The fourth-order valence-corrected chi connectivity index (χ4v) is 2.92. The first-order chi connectivity index (χ1) is 9.83. The predicted octanol–water partition coefficient (Wildman–Crippen LogP) is 2.57. The minimum Gasteiger partial charge on any atom is -0.387 e. The standard InChI is InChI=1S/C15H19N3O2/c19-15(10-4-5-10)11-6-7-13-12(17-11)9-16-18(13)14-3-1-2-8-20-14/h6-7,9-10,14-15,19H,1-5,8H2. The molecule has 1 aliphatic heterocycles. The highest BCUT2D eigenvalue weighted by molar-refractivity contribution is 5.74. The minimum absolute atomic E-state index is 0.0299. The third kappa shape index (κ3) is 2.11. The zero-order valence-electron chi connectivity index (χ0n) is 11.4. The summed E-state index contributed by atoms with van der Waals surface area (Å²) in [6, 6.07) is 3.93. The molecule has 5 nitrogen and oxygen atoms in total. The van der Waals surface area contributed by atoms with E-state index in [2.05, 4.69) is 10.1 Å². The quantitative estimate of drug-likeness (QED) is 0.933. The van der Waals surface area contributed by atoms with Crippen molar-refractivity contribution in [1.29, 1.82) is 0 Å². The molecule has 1 N–H and O–H groups in total. The molecule has 1 saturated heterocycles. The van der Waals surface area contributed by atoms with Crippen LogP contribution in [0.25, 0.3) is 11.0 Å². The first-order valence-corrected chi connectivity index (χ1v) is 7.47. The number of pyridine rings is 1. The van der Waals surface area contributed by atoms with E-state index in [1.807, 2.05) is 16.8 Å². The van der Waals surface area contributed by atoms with E-state index in [1.54, 1.807) is 6.20 Å². The highest BCUT2D eigenvalue weighted by atomic mass is 16.5. The molecule has 1 aliphatic carbocycles. The number of rotatable bonds is 3. The Morgan fingerprint density at radius 2 is 2.15 bits per heavy atom. The van der Waals surface area contributed by atoms with Crippen molar-refractivity contribution in [3.05, 3.63) is 24.0 Å². The summed E-state index contributed by atoms with van der Waals surface area (Å²) in [6.07, 6.45) is 6.91. The summed E-state index contributed by atoms with van der Waals surface area (Å²) in [7, 11) is 0. The van der Waals surface area contributed by atoms with Crippen molar-refractivity contribution in [2.75, 3.05) is 6.61 Å². The number of hydrogen-bond donors (Lipinski definition) is 1. The van der Waals surface area contributed by atoms with E-state index < -0.39 is 6.10 Å². The van der Waals surface area contributed by atoms with Crippen molar-refractivity contribution < 1.29 is 9.84 Å². The molecule has 0 aromatic carbocycles. The predicted molar refractivity (Wildman–Crippen MR) is 74.1 cm³/mol. The summed E-state index contributed by atoms with van der Waals surface area (Å²) in [6.45, 7) is 0.803. The van der Waals surface area contributed by atoms with Crippen LogP contribution in [0.2, 0.25) is 0 Å². The fourth-order valence-electron chi connectivity index (χ4n) is 2.92. The lowest BCUT2D eigenvalue weighted by Gasteiger charge is -2.23. The molecule has 2 unspecified atom stereocenters. The largest absolute Gasteiger partial charge is 0.387 e. The molecule has 0 bridgehead atoms. The zero-order valence-corrected chi connectivity index (χ0v) is 11.4. The van der Waals surface area contributed by atoms with Gasteiger partial charge in [-0.15, -0.1) is 0 Å². The third-order valence-electron chi connectivity index (χ3n) is 4.28. The van der Waals surface area contributed by atoms with Crippen LogP contribution in [-0.4, -0.2) is 26.5 Å².